The number of carbonyl (C=O) groups excluding carboxylic acids is 3. The van der Waals surface area contributed by atoms with E-state index in [0.29, 0.717) is 38.1 Å². The van der Waals surface area contributed by atoms with Crippen molar-refractivity contribution in [3.8, 4) is 0 Å². The van der Waals surface area contributed by atoms with E-state index in [0.717, 1.165) is 6.42 Å². The molecule has 0 radical (unpaired) electrons. The lowest BCUT2D eigenvalue weighted by atomic mass is 9.92. The minimum Gasteiger partial charge on any atom is -0.444 e. The predicted octanol–water partition coefficient (Wildman–Crippen LogP) is 3.81. The van der Waals surface area contributed by atoms with Crippen molar-refractivity contribution >= 4 is 28.9 Å². The van der Waals surface area contributed by atoms with Gasteiger partial charge in [-0.15, -0.1) is 0 Å². The third-order valence-corrected chi connectivity index (χ3v) is 6.63. The number of ether oxygens (including phenoxy) is 2. The molecule has 1 aliphatic heterocycles. The zero-order chi connectivity index (χ0) is 28.9. The first-order valence-electron chi connectivity index (χ1n) is 13.5. The number of nitrogens with zero attached hydrogens (tertiary/aromatic N) is 4. The number of rotatable bonds is 10. The highest BCUT2D eigenvalue weighted by Gasteiger charge is 2.40. The maximum atomic E-state index is 15.0. The number of primary amides is 1. The number of amides is 3. The minimum atomic E-state index is -0.725. The third-order valence-electron chi connectivity index (χ3n) is 6.63. The van der Waals surface area contributed by atoms with E-state index < -0.39 is 35.4 Å². The van der Waals surface area contributed by atoms with E-state index >= 15 is 0 Å². The van der Waals surface area contributed by atoms with Gasteiger partial charge in [-0.25, -0.2) is 14.2 Å². The summed E-state index contributed by atoms with van der Waals surface area (Å²) in [4.78, 5) is 47.1. The number of hydrogen-bond donors (Lipinski definition) is 1. The molecule has 3 rings (SSSR count). The number of likely N-dealkylation sites (tertiary alicyclic amines) is 1. The normalized spacial score (nSPS) is 18.0. The van der Waals surface area contributed by atoms with Gasteiger partial charge in [-0.3, -0.25) is 9.59 Å². The number of carbonyl (C=O) groups is 3. The van der Waals surface area contributed by atoms with Gasteiger partial charge in [-0.2, -0.15) is 0 Å². The van der Waals surface area contributed by atoms with Crippen LogP contribution < -0.4 is 5.73 Å². The molecule has 1 aromatic heterocycles. The van der Waals surface area contributed by atoms with Crippen molar-refractivity contribution in [1.29, 1.82) is 0 Å². The Labute approximate surface area is 229 Å². The second kappa shape index (κ2) is 12.8. The van der Waals surface area contributed by atoms with E-state index in [1.54, 1.807) is 49.5 Å². The molecule has 1 aromatic carbocycles. The molecule has 39 heavy (non-hydrogen) atoms. The number of para-hydroxylation sites is 1. The van der Waals surface area contributed by atoms with Crippen molar-refractivity contribution in [1.82, 2.24) is 19.4 Å². The Hall–Kier alpha value is -3.21. The van der Waals surface area contributed by atoms with Crippen molar-refractivity contribution in [2.24, 2.45) is 17.6 Å². The monoisotopic (exact) mass is 547 g/mol. The van der Waals surface area contributed by atoms with Crippen LogP contribution in [0.15, 0.2) is 18.2 Å². The topological polar surface area (TPSA) is 120 Å². The van der Waals surface area contributed by atoms with Crippen LogP contribution in [-0.2, 0) is 20.8 Å². The van der Waals surface area contributed by atoms with Crippen molar-refractivity contribution in [2.75, 3.05) is 33.4 Å². The first-order valence-corrected chi connectivity index (χ1v) is 13.5. The number of piperidine rings is 1. The number of nitrogens with two attached hydrogens (primary N) is 1. The number of imidazole rings is 1. The van der Waals surface area contributed by atoms with E-state index in [1.807, 2.05) is 13.8 Å². The summed E-state index contributed by atoms with van der Waals surface area (Å²) >= 11 is 0. The number of fused-ring (bicyclic) bond motifs is 1. The number of halogens is 1. The lowest BCUT2D eigenvalue weighted by Crippen LogP contribution is -2.57. The molecule has 1 fully saturated rings. The Bertz CT molecular complexity index is 1180. The number of benzene rings is 1. The summed E-state index contributed by atoms with van der Waals surface area (Å²) in [6, 6.07) is 4.09. The molecule has 2 heterocycles. The van der Waals surface area contributed by atoms with Crippen LogP contribution in [0.3, 0.4) is 0 Å². The Morgan fingerprint density at radius 1 is 1.21 bits per heavy atom. The summed E-state index contributed by atoms with van der Waals surface area (Å²) in [6.45, 7) is 10.8. The first-order chi connectivity index (χ1) is 18.3. The highest BCUT2D eigenvalue weighted by molar-refractivity contribution is 5.95. The molecule has 0 saturated carbocycles. The van der Waals surface area contributed by atoms with Crippen LogP contribution in [0.5, 0.6) is 0 Å². The van der Waals surface area contributed by atoms with Crippen LogP contribution in [0.2, 0.25) is 0 Å². The molecular weight excluding hydrogens is 505 g/mol. The van der Waals surface area contributed by atoms with Gasteiger partial charge in [0.05, 0.1) is 17.5 Å². The Morgan fingerprint density at radius 2 is 1.92 bits per heavy atom. The first kappa shape index (κ1) is 30.3. The summed E-state index contributed by atoms with van der Waals surface area (Å²) in [6.07, 6.45) is 1.14. The van der Waals surface area contributed by atoms with E-state index in [4.69, 9.17) is 15.2 Å². The third kappa shape index (κ3) is 7.68. The van der Waals surface area contributed by atoms with E-state index in [1.165, 1.54) is 11.0 Å². The van der Waals surface area contributed by atoms with Crippen LogP contribution in [0.4, 0.5) is 9.18 Å². The van der Waals surface area contributed by atoms with Crippen molar-refractivity contribution in [2.45, 2.75) is 72.1 Å². The average Bonchev–Trinajstić information content (AvgIpc) is 3.23. The van der Waals surface area contributed by atoms with Gasteiger partial charge >= 0.3 is 6.09 Å². The quantitative estimate of drug-likeness (QED) is 0.452. The highest BCUT2D eigenvalue weighted by Crippen LogP contribution is 2.27. The smallest absolute Gasteiger partial charge is 0.410 e. The van der Waals surface area contributed by atoms with Crippen molar-refractivity contribution in [3.05, 3.63) is 29.8 Å². The number of hydrogen-bond acceptors (Lipinski definition) is 6. The largest absolute Gasteiger partial charge is 0.444 e. The summed E-state index contributed by atoms with van der Waals surface area (Å²) in [5.74, 6) is -1.83. The predicted molar refractivity (Wildman–Crippen MR) is 146 cm³/mol. The molecular formula is C28H42FN5O5. The molecule has 2 aromatic rings. The molecule has 216 valence electrons. The van der Waals surface area contributed by atoms with Gasteiger partial charge in [-0.1, -0.05) is 19.9 Å². The Kier molecular flexibility index (Phi) is 9.93. The van der Waals surface area contributed by atoms with Crippen LogP contribution in [0.25, 0.3) is 11.0 Å². The molecule has 1 saturated heterocycles. The van der Waals surface area contributed by atoms with Gasteiger partial charge in [0.25, 0.3) is 5.91 Å². The second-order valence-electron chi connectivity index (χ2n) is 11.6. The highest BCUT2D eigenvalue weighted by atomic mass is 19.1. The van der Waals surface area contributed by atoms with Gasteiger partial charge in [0.2, 0.25) is 5.91 Å². The lowest BCUT2D eigenvalue weighted by molar-refractivity contribution is -0.124. The molecule has 0 bridgehead atoms. The van der Waals surface area contributed by atoms with Crippen LogP contribution >= 0.6 is 0 Å². The van der Waals surface area contributed by atoms with Gasteiger partial charge in [0.1, 0.15) is 16.9 Å². The van der Waals surface area contributed by atoms with Gasteiger partial charge in [0, 0.05) is 39.9 Å². The lowest BCUT2D eigenvalue weighted by Gasteiger charge is -2.42. The summed E-state index contributed by atoms with van der Waals surface area (Å²) in [7, 11) is 1.62. The van der Waals surface area contributed by atoms with Gasteiger partial charge < -0.3 is 29.6 Å². The number of aryl methyl sites for hydroxylation is 1. The summed E-state index contributed by atoms with van der Waals surface area (Å²) in [5.41, 5.74) is 5.63. The van der Waals surface area contributed by atoms with E-state index in [2.05, 4.69) is 4.98 Å². The molecule has 10 nitrogen and oxygen atoms in total. The zero-order valence-corrected chi connectivity index (χ0v) is 23.9. The van der Waals surface area contributed by atoms with Crippen molar-refractivity contribution < 1.29 is 28.2 Å². The maximum absolute atomic E-state index is 15.0. The Balaban J connectivity index is 2.01. The van der Waals surface area contributed by atoms with Crippen LogP contribution in [0, 0.1) is 17.7 Å². The molecule has 0 aliphatic carbocycles. The fourth-order valence-corrected chi connectivity index (χ4v) is 4.94. The number of aromatic nitrogens is 2. The zero-order valence-electron chi connectivity index (χ0n) is 23.9. The van der Waals surface area contributed by atoms with Crippen LogP contribution in [-0.4, -0.2) is 82.3 Å². The fraction of sp³-hybridized carbons (Fsp3) is 0.643. The molecule has 0 spiro atoms. The molecule has 11 heteroatoms. The molecule has 1 aliphatic rings. The summed E-state index contributed by atoms with van der Waals surface area (Å²) < 4.78 is 27.3. The molecule has 2 atom stereocenters. The standard InChI is InChI=1S/C28H42FN5O5/c1-18(2)15-34(20-14-19(24(30)35)16-32(17-20)27(37)39-28(3,4)5)26(36)25-31-22-11-9-10-21(29)23(22)33(25)12-7-8-13-38-6/h9-11,18-20H,7-8,12-17H2,1-6H3,(H2,30,35)/t19-,20?/m1/s1. The van der Waals surface area contributed by atoms with Crippen molar-refractivity contribution in [3.63, 3.8) is 0 Å². The maximum Gasteiger partial charge on any atom is 0.410 e. The number of unbranched alkanes of at least 4 members (excludes halogenated alkanes) is 1. The number of methoxy groups -OCH3 is 1. The molecule has 2 N–H and O–H groups in total. The van der Waals surface area contributed by atoms with E-state index in [9.17, 15) is 18.8 Å². The molecule has 3 amide bonds. The summed E-state index contributed by atoms with van der Waals surface area (Å²) in [5, 5.41) is 0. The van der Waals surface area contributed by atoms with Gasteiger partial charge in [-0.05, 0) is 58.1 Å². The SMILES string of the molecule is COCCCCn1c(C(=O)N(CC(C)C)C2C[C@@H](C(N)=O)CN(C(=O)OC(C)(C)C)C2)nc2cccc(F)c21. The average molecular weight is 548 g/mol. The van der Waals surface area contributed by atoms with Gasteiger partial charge in [0.15, 0.2) is 5.82 Å². The second-order valence-corrected chi connectivity index (χ2v) is 11.6. The molecule has 1 unspecified atom stereocenters. The fourth-order valence-electron chi connectivity index (χ4n) is 4.94. The van der Waals surface area contributed by atoms with E-state index in [-0.39, 0.29) is 36.3 Å². The minimum absolute atomic E-state index is 0.0779. The Morgan fingerprint density at radius 3 is 2.54 bits per heavy atom. The van der Waals surface area contributed by atoms with Crippen LogP contribution in [0.1, 0.15) is 64.5 Å².